The highest BCUT2D eigenvalue weighted by atomic mass is 35.5. The van der Waals surface area contributed by atoms with Crippen LogP contribution in [0.15, 0.2) is 0 Å². The standard InChI is InChI=1S/C15H31N3O2.ClH/c1-18(9-11-19-2)8-6-16-14-5-3-4-13(14)15-12-20-10-7-17-15;/h13-17H,3-12H2,1-2H3;1H. The Kier molecular flexibility index (Phi) is 9.80. The molecule has 2 fully saturated rings. The van der Waals surface area contributed by atoms with Gasteiger partial charge < -0.3 is 25.0 Å². The summed E-state index contributed by atoms with van der Waals surface area (Å²) >= 11 is 0. The number of ether oxygens (including phenoxy) is 2. The van der Waals surface area contributed by atoms with Gasteiger partial charge in [0.25, 0.3) is 0 Å². The number of halogens is 1. The molecule has 1 saturated heterocycles. The summed E-state index contributed by atoms with van der Waals surface area (Å²) in [6.07, 6.45) is 3.99. The first-order valence-electron chi connectivity index (χ1n) is 8.03. The zero-order valence-electron chi connectivity index (χ0n) is 13.5. The Balaban J connectivity index is 0.00000220. The molecule has 2 aliphatic rings. The van der Waals surface area contributed by atoms with Crippen molar-refractivity contribution in [2.24, 2.45) is 5.92 Å². The van der Waals surface area contributed by atoms with E-state index >= 15 is 0 Å². The summed E-state index contributed by atoms with van der Waals surface area (Å²) in [5.41, 5.74) is 0. The van der Waals surface area contributed by atoms with E-state index in [9.17, 15) is 0 Å². The van der Waals surface area contributed by atoms with Crippen molar-refractivity contribution in [2.45, 2.75) is 31.3 Å². The van der Waals surface area contributed by atoms with Crippen LogP contribution < -0.4 is 10.6 Å². The van der Waals surface area contributed by atoms with E-state index in [-0.39, 0.29) is 12.4 Å². The molecule has 0 aromatic rings. The molecular weight excluding hydrogens is 290 g/mol. The Bertz CT molecular complexity index is 265. The first-order chi connectivity index (χ1) is 9.81. The molecule has 3 unspecified atom stereocenters. The smallest absolute Gasteiger partial charge is 0.0623 e. The zero-order valence-corrected chi connectivity index (χ0v) is 14.3. The Morgan fingerprint density at radius 3 is 2.90 bits per heavy atom. The van der Waals surface area contributed by atoms with E-state index in [0.717, 1.165) is 51.9 Å². The minimum Gasteiger partial charge on any atom is -0.383 e. The lowest BCUT2D eigenvalue weighted by molar-refractivity contribution is 0.0523. The van der Waals surface area contributed by atoms with E-state index < -0.39 is 0 Å². The summed E-state index contributed by atoms with van der Waals surface area (Å²) in [4.78, 5) is 2.32. The summed E-state index contributed by atoms with van der Waals surface area (Å²) in [5.74, 6) is 0.736. The minimum atomic E-state index is 0. The third-order valence-electron chi connectivity index (χ3n) is 4.61. The lowest BCUT2D eigenvalue weighted by Gasteiger charge is -2.33. The van der Waals surface area contributed by atoms with E-state index in [1.54, 1.807) is 7.11 Å². The second-order valence-corrected chi connectivity index (χ2v) is 6.09. The Morgan fingerprint density at radius 2 is 2.19 bits per heavy atom. The molecule has 2 N–H and O–H groups in total. The topological polar surface area (TPSA) is 45.8 Å². The largest absolute Gasteiger partial charge is 0.383 e. The number of nitrogens with one attached hydrogen (secondary N) is 2. The Labute approximate surface area is 135 Å². The van der Waals surface area contributed by atoms with Crippen LogP contribution in [0.4, 0.5) is 0 Å². The summed E-state index contributed by atoms with van der Waals surface area (Å²) in [5, 5.41) is 7.38. The van der Waals surface area contributed by atoms with Crippen molar-refractivity contribution in [3.63, 3.8) is 0 Å². The van der Waals surface area contributed by atoms with Gasteiger partial charge in [0.1, 0.15) is 0 Å². The van der Waals surface area contributed by atoms with Crippen molar-refractivity contribution in [3.05, 3.63) is 0 Å². The van der Waals surface area contributed by atoms with Crippen LogP contribution >= 0.6 is 12.4 Å². The second-order valence-electron chi connectivity index (χ2n) is 6.09. The normalized spacial score (nSPS) is 29.6. The van der Waals surface area contributed by atoms with Crippen molar-refractivity contribution < 1.29 is 9.47 Å². The molecule has 0 amide bonds. The molecule has 0 radical (unpaired) electrons. The fourth-order valence-electron chi connectivity index (χ4n) is 3.38. The van der Waals surface area contributed by atoms with Crippen LogP contribution in [0.1, 0.15) is 19.3 Å². The van der Waals surface area contributed by atoms with Crippen LogP contribution in [0.2, 0.25) is 0 Å². The van der Waals surface area contributed by atoms with Crippen LogP contribution in [-0.4, -0.2) is 77.1 Å². The van der Waals surface area contributed by atoms with Crippen LogP contribution in [-0.2, 0) is 9.47 Å². The molecule has 1 aliphatic heterocycles. The number of hydrogen-bond acceptors (Lipinski definition) is 5. The van der Waals surface area contributed by atoms with Gasteiger partial charge in [-0.15, -0.1) is 12.4 Å². The molecule has 0 aromatic heterocycles. The molecule has 0 spiro atoms. The summed E-state index contributed by atoms with van der Waals surface area (Å²) in [7, 11) is 3.91. The molecule has 3 atom stereocenters. The van der Waals surface area contributed by atoms with Crippen LogP contribution in [0.3, 0.4) is 0 Å². The average molecular weight is 322 g/mol. The molecule has 21 heavy (non-hydrogen) atoms. The third kappa shape index (κ3) is 6.38. The van der Waals surface area contributed by atoms with Crippen molar-refractivity contribution in [1.82, 2.24) is 15.5 Å². The highest BCUT2D eigenvalue weighted by Gasteiger charge is 2.34. The van der Waals surface area contributed by atoms with Crippen molar-refractivity contribution in [2.75, 3.05) is 60.2 Å². The van der Waals surface area contributed by atoms with E-state index in [0.29, 0.717) is 12.1 Å². The lowest BCUT2D eigenvalue weighted by Crippen LogP contribution is -2.51. The van der Waals surface area contributed by atoms with Gasteiger partial charge in [0.2, 0.25) is 0 Å². The first kappa shape index (κ1) is 19.1. The summed E-state index contributed by atoms with van der Waals surface area (Å²) in [6, 6.07) is 1.21. The van der Waals surface area contributed by atoms with Crippen molar-refractivity contribution in [1.29, 1.82) is 0 Å². The first-order valence-corrected chi connectivity index (χ1v) is 8.03. The minimum absolute atomic E-state index is 0. The number of rotatable bonds is 8. The highest BCUT2D eigenvalue weighted by molar-refractivity contribution is 5.85. The number of methoxy groups -OCH3 is 1. The van der Waals surface area contributed by atoms with Gasteiger partial charge in [-0.05, 0) is 25.8 Å². The van der Waals surface area contributed by atoms with Gasteiger partial charge >= 0.3 is 0 Å². The van der Waals surface area contributed by atoms with Crippen LogP contribution in [0, 0.1) is 5.92 Å². The molecule has 5 nitrogen and oxygen atoms in total. The highest BCUT2D eigenvalue weighted by Crippen LogP contribution is 2.29. The van der Waals surface area contributed by atoms with Gasteiger partial charge in [0.05, 0.1) is 19.8 Å². The number of likely N-dealkylation sites (N-methyl/N-ethyl adjacent to an activating group) is 1. The quantitative estimate of drug-likeness (QED) is 0.690. The maximum Gasteiger partial charge on any atom is 0.0623 e. The molecule has 1 saturated carbocycles. The summed E-state index contributed by atoms with van der Waals surface area (Å²) < 4.78 is 10.7. The van der Waals surface area contributed by atoms with Crippen molar-refractivity contribution >= 4 is 12.4 Å². The predicted octanol–water partition coefficient (Wildman–Crippen LogP) is 0.733. The fourth-order valence-corrected chi connectivity index (χ4v) is 3.38. The van der Waals surface area contributed by atoms with Gasteiger partial charge in [-0.25, -0.2) is 0 Å². The van der Waals surface area contributed by atoms with E-state index in [1.165, 1.54) is 19.3 Å². The van der Waals surface area contributed by atoms with Gasteiger partial charge in [-0.2, -0.15) is 0 Å². The Morgan fingerprint density at radius 1 is 1.33 bits per heavy atom. The monoisotopic (exact) mass is 321 g/mol. The summed E-state index contributed by atoms with van der Waals surface area (Å²) in [6.45, 7) is 6.72. The lowest BCUT2D eigenvalue weighted by atomic mass is 9.94. The van der Waals surface area contributed by atoms with Gasteiger partial charge in [0, 0.05) is 45.4 Å². The van der Waals surface area contributed by atoms with Gasteiger partial charge in [0.15, 0.2) is 0 Å². The SMILES string of the molecule is COCCN(C)CCNC1CCCC1C1COCCN1.Cl. The maximum atomic E-state index is 5.62. The molecular formula is C15H32ClN3O2. The predicted molar refractivity (Wildman–Crippen MR) is 88.4 cm³/mol. The van der Waals surface area contributed by atoms with E-state index in [2.05, 4.69) is 22.6 Å². The molecule has 1 heterocycles. The second kappa shape index (κ2) is 10.8. The number of hydrogen-bond donors (Lipinski definition) is 2. The maximum absolute atomic E-state index is 5.62. The van der Waals surface area contributed by atoms with E-state index in [4.69, 9.17) is 9.47 Å². The van der Waals surface area contributed by atoms with Crippen molar-refractivity contribution in [3.8, 4) is 0 Å². The molecule has 0 bridgehead atoms. The molecule has 1 aliphatic carbocycles. The molecule has 6 heteroatoms. The fraction of sp³-hybridized carbons (Fsp3) is 1.00. The molecule has 2 rings (SSSR count). The van der Waals surface area contributed by atoms with Gasteiger partial charge in [-0.3, -0.25) is 0 Å². The zero-order chi connectivity index (χ0) is 14.2. The van der Waals surface area contributed by atoms with E-state index in [1.807, 2.05) is 0 Å². The Hall–Kier alpha value is 0.0900. The van der Waals surface area contributed by atoms with Gasteiger partial charge in [-0.1, -0.05) is 6.42 Å². The number of morpholine rings is 1. The molecule has 126 valence electrons. The third-order valence-corrected chi connectivity index (χ3v) is 4.61. The average Bonchev–Trinajstić information content (AvgIpc) is 2.94. The molecule has 0 aromatic carbocycles. The van der Waals surface area contributed by atoms with Crippen LogP contribution in [0.25, 0.3) is 0 Å². The van der Waals surface area contributed by atoms with Crippen LogP contribution in [0.5, 0.6) is 0 Å². The number of nitrogens with zero attached hydrogens (tertiary/aromatic N) is 1.